The van der Waals surface area contributed by atoms with Crippen molar-refractivity contribution in [1.29, 1.82) is 0 Å². The zero-order valence-corrected chi connectivity index (χ0v) is 13.1. The molecule has 1 atom stereocenters. The van der Waals surface area contributed by atoms with E-state index in [1.807, 2.05) is 20.2 Å². The summed E-state index contributed by atoms with van der Waals surface area (Å²) < 4.78 is 1.23. The second-order valence-corrected chi connectivity index (χ2v) is 6.15. The highest BCUT2D eigenvalue weighted by Gasteiger charge is 2.22. The summed E-state index contributed by atoms with van der Waals surface area (Å²) in [6.45, 7) is 0. The van der Waals surface area contributed by atoms with Crippen LogP contribution in [0.25, 0.3) is 16.3 Å². The molecule has 108 valence electrons. The van der Waals surface area contributed by atoms with Crippen LogP contribution in [0.5, 0.6) is 0 Å². The molecular formula is C17H19N3S. The number of likely N-dealkylation sites (N-methyl/N-ethyl adjacent to an activating group) is 2. The molecule has 0 bridgehead atoms. The number of hydrogen-bond donors (Lipinski definition) is 2. The van der Waals surface area contributed by atoms with Crippen LogP contribution >= 0.6 is 11.3 Å². The van der Waals surface area contributed by atoms with Crippen molar-refractivity contribution >= 4 is 27.6 Å². The zero-order chi connectivity index (χ0) is 14.7. The summed E-state index contributed by atoms with van der Waals surface area (Å²) in [5.74, 6) is 0. The summed E-state index contributed by atoms with van der Waals surface area (Å²) in [6.07, 6.45) is 11.8. The van der Waals surface area contributed by atoms with Crippen LogP contribution in [-0.4, -0.2) is 24.6 Å². The zero-order valence-electron chi connectivity index (χ0n) is 12.3. The Labute approximate surface area is 129 Å². The Hall–Kier alpha value is -1.91. The Bertz CT molecular complexity index is 693. The first kappa shape index (κ1) is 14.0. The Morgan fingerprint density at radius 1 is 1.29 bits per heavy atom. The number of hydrogen-bond acceptors (Lipinski definition) is 4. The SMILES string of the molecule is CNC1=CCC(C=Cc2nc3ccccc3s2)(NC)C=C1. The Morgan fingerprint density at radius 3 is 2.81 bits per heavy atom. The lowest BCUT2D eigenvalue weighted by Gasteiger charge is -2.28. The molecule has 1 unspecified atom stereocenters. The maximum Gasteiger partial charge on any atom is 0.117 e. The normalized spacial score (nSPS) is 21.9. The maximum absolute atomic E-state index is 4.65. The van der Waals surface area contributed by atoms with Crippen LogP contribution in [-0.2, 0) is 0 Å². The number of nitrogens with zero attached hydrogens (tertiary/aromatic N) is 1. The molecule has 4 heteroatoms. The number of thiazole rings is 1. The molecule has 3 nitrogen and oxygen atoms in total. The van der Waals surface area contributed by atoms with Gasteiger partial charge in [0.2, 0.25) is 0 Å². The van der Waals surface area contributed by atoms with E-state index in [0.717, 1.165) is 22.6 Å². The van der Waals surface area contributed by atoms with Gasteiger partial charge in [-0.3, -0.25) is 0 Å². The first-order valence-corrected chi connectivity index (χ1v) is 7.87. The van der Waals surface area contributed by atoms with E-state index in [2.05, 4.69) is 64.2 Å². The highest BCUT2D eigenvalue weighted by Crippen LogP contribution is 2.26. The largest absolute Gasteiger partial charge is 0.388 e. The lowest BCUT2D eigenvalue weighted by molar-refractivity contribution is 0.536. The fourth-order valence-corrected chi connectivity index (χ4v) is 3.28. The van der Waals surface area contributed by atoms with Gasteiger partial charge < -0.3 is 10.6 Å². The van der Waals surface area contributed by atoms with Crippen molar-refractivity contribution in [3.8, 4) is 0 Å². The Balaban J connectivity index is 1.84. The van der Waals surface area contributed by atoms with Crippen LogP contribution in [0.1, 0.15) is 11.4 Å². The smallest absolute Gasteiger partial charge is 0.117 e. The fourth-order valence-electron chi connectivity index (χ4n) is 2.41. The van der Waals surface area contributed by atoms with Crippen molar-refractivity contribution in [3.05, 3.63) is 59.3 Å². The lowest BCUT2D eigenvalue weighted by atomic mass is 9.90. The van der Waals surface area contributed by atoms with Crippen molar-refractivity contribution in [2.24, 2.45) is 0 Å². The highest BCUT2D eigenvalue weighted by molar-refractivity contribution is 7.19. The van der Waals surface area contributed by atoms with Gasteiger partial charge in [-0.25, -0.2) is 4.98 Å². The number of rotatable bonds is 4. The number of para-hydroxylation sites is 1. The number of allylic oxidation sites excluding steroid dienone is 1. The average molecular weight is 297 g/mol. The van der Waals surface area contributed by atoms with Crippen molar-refractivity contribution in [2.75, 3.05) is 14.1 Å². The summed E-state index contributed by atoms with van der Waals surface area (Å²) in [4.78, 5) is 4.65. The third-order valence-electron chi connectivity index (χ3n) is 3.81. The topological polar surface area (TPSA) is 37.0 Å². The summed E-state index contributed by atoms with van der Waals surface area (Å²) in [7, 11) is 3.94. The minimum atomic E-state index is -0.127. The van der Waals surface area contributed by atoms with Gasteiger partial charge >= 0.3 is 0 Å². The molecule has 0 saturated heterocycles. The number of nitrogens with one attached hydrogen (secondary N) is 2. The van der Waals surface area contributed by atoms with Crippen molar-refractivity contribution < 1.29 is 0 Å². The van der Waals surface area contributed by atoms with E-state index in [9.17, 15) is 0 Å². The van der Waals surface area contributed by atoms with Crippen LogP contribution in [0.4, 0.5) is 0 Å². The second-order valence-electron chi connectivity index (χ2n) is 5.09. The molecule has 2 N–H and O–H groups in total. The number of fused-ring (bicyclic) bond motifs is 1. The van der Waals surface area contributed by atoms with Gasteiger partial charge in [-0.1, -0.05) is 30.4 Å². The summed E-state index contributed by atoms with van der Waals surface area (Å²) in [5.41, 5.74) is 2.10. The molecule has 0 aliphatic heterocycles. The number of benzene rings is 1. The van der Waals surface area contributed by atoms with Gasteiger partial charge in [0.05, 0.1) is 15.8 Å². The third kappa shape index (κ3) is 2.91. The molecule has 0 fully saturated rings. The van der Waals surface area contributed by atoms with Crippen molar-refractivity contribution in [1.82, 2.24) is 15.6 Å². The van der Waals surface area contributed by atoms with Gasteiger partial charge in [0.25, 0.3) is 0 Å². The van der Waals surface area contributed by atoms with Crippen molar-refractivity contribution in [2.45, 2.75) is 12.0 Å². The molecule has 2 aromatic rings. The van der Waals surface area contributed by atoms with Gasteiger partial charge in [0.15, 0.2) is 0 Å². The molecule has 3 rings (SSSR count). The molecule has 1 aliphatic carbocycles. The summed E-state index contributed by atoms with van der Waals surface area (Å²) >= 11 is 1.72. The van der Waals surface area contributed by atoms with E-state index in [0.29, 0.717) is 0 Å². The standard InChI is InChI=1S/C17H19N3S/c1-18-13-7-10-17(19-2,11-8-13)12-9-16-20-14-5-3-4-6-15(14)21-16/h3-10,12,18-19H,11H2,1-2H3. The van der Waals surface area contributed by atoms with E-state index >= 15 is 0 Å². The second kappa shape index (κ2) is 5.84. The van der Waals surface area contributed by atoms with Gasteiger partial charge in [-0.15, -0.1) is 11.3 Å². The minimum Gasteiger partial charge on any atom is -0.388 e. The van der Waals surface area contributed by atoms with Crippen molar-refractivity contribution in [3.63, 3.8) is 0 Å². The molecule has 1 aromatic carbocycles. The van der Waals surface area contributed by atoms with Gasteiger partial charge in [-0.2, -0.15) is 0 Å². The molecule has 0 amide bonds. The van der Waals surface area contributed by atoms with Crippen LogP contribution in [0, 0.1) is 0 Å². The molecule has 1 aliphatic rings. The first-order chi connectivity index (χ1) is 10.2. The maximum atomic E-state index is 4.65. The molecular weight excluding hydrogens is 278 g/mol. The quantitative estimate of drug-likeness (QED) is 0.909. The highest BCUT2D eigenvalue weighted by atomic mass is 32.1. The van der Waals surface area contributed by atoms with E-state index in [1.165, 1.54) is 4.70 Å². The summed E-state index contributed by atoms with van der Waals surface area (Å²) in [5, 5.41) is 7.61. The number of aromatic nitrogens is 1. The van der Waals surface area contributed by atoms with E-state index in [4.69, 9.17) is 0 Å². The molecule has 0 radical (unpaired) electrons. The molecule has 21 heavy (non-hydrogen) atoms. The lowest BCUT2D eigenvalue weighted by Crippen LogP contribution is -2.39. The molecule has 1 heterocycles. The predicted octanol–water partition coefficient (Wildman–Crippen LogP) is 3.33. The van der Waals surface area contributed by atoms with E-state index in [1.54, 1.807) is 11.3 Å². The molecule has 0 spiro atoms. The van der Waals surface area contributed by atoms with E-state index in [-0.39, 0.29) is 5.54 Å². The van der Waals surface area contributed by atoms with E-state index < -0.39 is 0 Å². The summed E-state index contributed by atoms with van der Waals surface area (Å²) in [6, 6.07) is 8.25. The van der Waals surface area contributed by atoms with Gasteiger partial charge in [0, 0.05) is 12.7 Å². The average Bonchev–Trinajstić information content (AvgIpc) is 2.96. The minimum absolute atomic E-state index is 0.127. The van der Waals surface area contributed by atoms with Crippen LogP contribution in [0.15, 0.2) is 54.3 Å². The predicted molar refractivity (Wildman–Crippen MR) is 91.3 cm³/mol. The van der Waals surface area contributed by atoms with Gasteiger partial charge in [0.1, 0.15) is 5.01 Å². The van der Waals surface area contributed by atoms with Crippen LogP contribution in [0.2, 0.25) is 0 Å². The molecule has 0 saturated carbocycles. The van der Waals surface area contributed by atoms with Crippen LogP contribution in [0.3, 0.4) is 0 Å². The Morgan fingerprint density at radius 2 is 2.14 bits per heavy atom. The third-order valence-corrected chi connectivity index (χ3v) is 4.81. The monoisotopic (exact) mass is 297 g/mol. The first-order valence-electron chi connectivity index (χ1n) is 7.05. The Kier molecular flexibility index (Phi) is 3.90. The van der Waals surface area contributed by atoms with Crippen LogP contribution < -0.4 is 10.6 Å². The fraction of sp³-hybridized carbons (Fsp3) is 0.235. The molecule has 1 aromatic heterocycles. The van der Waals surface area contributed by atoms with Gasteiger partial charge in [-0.05, 0) is 37.8 Å².